The quantitative estimate of drug-likeness (QED) is 0.841. The highest BCUT2D eigenvalue weighted by Gasteiger charge is 2.26. The van der Waals surface area contributed by atoms with Crippen LogP contribution in [0.3, 0.4) is 0 Å². The van der Waals surface area contributed by atoms with E-state index in [0.29, 0.717) is 6.04 Å². The second-order valence-electron chi connectivity index (χ2n) is 5.68. The van der Waals surface area contributed by atoms with E-state index >= 15 is 0 Å². The predicted molar refractivity (Wildman–Crippen MR) is 79.4 cm³/mol. The minimum absolute atomic E-state index is 0.231. The summed E-state index contributed by atoms with van der Waals surface area (Å²) in [6.07, 6.45) is 2.21. The largest absolute Gasteiger partial charge is 0.399 e. The van der Waals surface area contributed by atoms with Gasteiger partial charge >= 0.3 is 0 Å². The van der Waals surface area contributed by atoms with Crippen LogP contribution in [0.5, 0.6) is 0 Å². The molecular weight excluding hydrogens is 250 g/mol. The van der Waals surface area contributed by atoms with Gasteiger partial charge in [-0.05, 0) is 56.9 Å². The number of nitrogens with two attached hydrogens (primary N) is 1. The van der Waals surface area contributed by atoms with Crippen molar-refractivity contribution in [1.82, 2.24) is 10.5 Å². The average molecular weight is 271 g/mol. The molecule has 1 aliphatic carbocycles. The predicted octanol–water partition coefficient (Wildman–Crippen LogP) is 3.21. The van der Waals surface area contributed by atoms with Crippen molar-refractivity contribution < 1.29 is 4.52 Å². The van der Waals surface area contributed by atoms with E-state index in [4.69, 9.17) is 10.3 Å². The van der Waals surface area contributed by atoms with E-state index in [1.165, 1.54) is 16.7 Å². The second kappa shape index (κ2) is 4.94. The number of fused-ring (bicyclic) bond motifs is 1. The molecule has 1 aromatic heterocycles. The van der Waals surface area contributed by atoms with E-state index in [0.717, 1.165) is 30.0 Å². The van der Waals surface area contributed by atoms with Gasteiger partial charge in [-0.1, -0.05) is 11.2 Å². The van der Waals surface area contributed by atoms with Crippen LogP contribution in [0.4, 0.5) is 5.69 Å². The Morgan fingerprint density at radius 1 is 1.40 bits per heavy atom. The molecule has 0 fully saturated rings. The standard InChI is InChI=1S/C16H21N3O/c1-9(16-10(2)19-20-11(16)3)18-15-7-4-12-8-13(17)5-6-14(12)15/h5-6,8-9,15,18H,4,7,17H2,1-3H3. The number of hydrogen-bond acceptors (Lipinski definition) is 4. The van der Waals surface area contributed by atoms with Crippen LogP contribution in [0.2, 0.25) is 0 Å². The van der Waals surface area contributed by atoms with Gasteiger partial charge < -0.3 is 15.6 Å². The number of rotatable bonds is 3. The Bertz CT molecular complexity index is 613. The molecule has 3 rings (SSSR count). The van der Waals surface area contributed by atoms with E-state index in [1.807, 2.05) is 19.9 Å². The van der Waals surface area contributed by atoms with Crippen molar-refractivity contribution in [3.8, 4) is 0 Å². The summed E-state index contributed by atoms with van der Waals surface area (Å²) < 4.78 is 5.26. The fourth-order valence-corrected chi connectivity index (χ4v) is 3.30. The van der Waals surface area contributed by atoms with Crippen molar-refractivity contribution in [3.63, 3.8) is 0 Å². The molecule has 0 amide bonds. The fourth-order valence-electron chi connectivity index (χ4n) is 3.30. The van der Waals surface area contributed by atoms with Gasteiger partial charge in [0.05, 0.1) is 5.69 Å². The summed E-state index contributed by atoms with van der Waals surface area (Å²) in [5, 5.41) is 7.73. The summed E-state index contributed by atoms with van der Waals surface area (Å²) in [7, 11) is 0. The number of nitrogens with zero attached hydrogens (tertiary/aromatic N) is 1. The summed E-state index contributed by atoms with van der Waals surface area (Å²) in [4.78, 5) is 0. The summed E-state index contributed by atoms with van der Waals surface area (Å²) in [6.45, 7) is 6.13. The lowest BCUT2D eigenvalue weighted by Crippen LogP contribution is -2.23. The molecule has 3 N–H and O–H groups in total. The Kier molecular flexibility index (Phi) is 3.26. The lowest BCUT2D eigenvalue weighted by Gasteiger charge is -2.20. The van der Waals surface area contributed by atoms with Crippen LogP contribution in [0, 0.1) is 13.8 Å². The summed E-state index contributed by atoms with van der Waals surface area (Å²) >= 11 is 0. The van der Waals surface area contributed by atoms with Gasteiger partial charge in [-0.2, -0.15) is 0 Å². The number of anilines is 1. The van der Waals surface area contributed by atoms with Crippen molar-refractivity contribution >= 4 is 5.69 Å². The smallest absolute Gasteiger partial charge is 0.138 e. The van der Waals surface area contributed by atoms with Gasteiger partial charge in [0.2, 0.25) is 0 Å². The Morgan fingerprint density at radius 2 is 2.20 bits per heavy atom. The topological polar surface area (TPSA) is 64.1 Å². The molecule has 0 saturated carbocycles. The van der Waals surface area contributed by atoms with Gasteiger partial charge in [0.1, 0.15) is 5.76 Å². The third kappa shape index (κ3) is 2.20. The molecule has 1 heterocycles. The molecular formula is C16H21N3O. The summed E-state index contributed by atoms with van der Waals surface area (Å²) in [5.41, 5.74) is 11.6. The summed E-state index contributed by atoms with van der Waals surface area (Å²) in [5.74, 6) is 0.901. The monoisotopic (exact) mass is 271 g/mol. The van der Waals surface area contributed by atoms with Crippen LogP contribution in [-0.4, -0.2) is 5.16 Å². The highest BCUT2D eigenvalue weighted by molar-refractivity contribution is 5.47. The normalized spacial score (nSPS) is 19.1. The first-order valence-corrected chi connectivity index (χ1v) is 7.13. The van der Waals surface area contributed by atoms with E-state index in [2.05, 4.69) is 29.5 Å². The molecule has 2 unspecified atom stereocenters. The van der Waals surface area contributed by atoms with Crippen molar-refractivity contribution in [2.24, 2.45) is 0 Å². The molecule has 2 aromatic rings. The molecule has 0 aliphatic heterocycles. The van der Waals surface area contributed by atoms with E-state index < -0.39 is 0 Å². The second-order valence-corrected chi connectivity index (χ2v) is 5.68. The maximum Gasteiger partial charge on any atom is 0.138 e. The number of aromatic nitrogens is 1. The molecule has 1 aromatic carbocycles. The first-order valence-electron chi connectivity index (χ1n) is 7.13. The molecule has 0 bridgehead atoms. The molecule has 4 nitrogen and oxygen atoms in total. The van der Waals surface area contributed by atoms with Crippen molar-refractivity contribution in [2.45, 2.75) is 45.7 Å². The zero-order chi connectivity index (χ0) is 14.3. The van der Waals surface area contributed by atoms with Crippen molar-refractivity contribution in [1.29, 1.82) is 0 Å². The lowest BCUT2D eigenvalue weighted by molar-refractivity contribution is 0.388. The number of hydrogen-bond donors (Lipinski definition) is 2. The number of nitrogen functional groups attached to an aromatic ring is 1. The van der Waals surface area contributed by atoms with Gasteiger partial charge in [-0.3, -0.25) is 0 Å². The molecule has 106 valence electrons. The summed E-state index contributed by atoms with van der Waals surface area (Å²) in [6, 6.07) is 6.84. The van der Waals surface area contributed by atoms with E-state index in [1.54, 1.807) is 0 Å². The van der Waals surface area contributed by atoms with Crippen molar-refractivity contribution in [3.05, 3.63) is 46.3 Å². The highest BCUT2D eigenvalue weighted by atomic mass is 16.5. The molecule has 0 radical (unpaired) electrons. The van der Waals surface area contributed by atoms with Crippen LogP contribution in [-0.2, 0) is 6.42 Å². The third-order valence-corrected chi connectivity index (χ3v) is 4.22. The molecule has 0 spiro atoms. The fraction of sp³-hybridized carbons (Fsp3) is 0.438. The number of aryl methyl sites for hydroxylation is 3. The lowest BCUT2D eigenvalue weighted by atomic mass is 10.0. The first-order chi connectivity index (χ1) is 9.56. The maximum absolute atomic E-state index is 5.85. The van der Waals surface area contributed by atoms with E-state index in [-0.39, 0.29) is 6.04 Å². The van der Waals surface area contributed by atoms with Crippen LogP contribution < -0.4 is 11.1 Å². The Balaban J connectivity index is 1.81. The SMILES string of the molecule is Cc1noc(C)c1C(C)NC1CCc2cc(N)ccc21. The van der Waals surface area contributed by atoms with E-state index in [9.17, 15) is 0 Å². The first kappa shape index (κ1) is 13.2. The van der Waals surface area contributed by atoms with Crippen LogP contribution in [0.15, 0.2) is 22.7 Å². The van der Waals surface area contributed by atoms with Crippen LogP contribution in [0.25, 0.3) is 0 Å². The molecule has 1 aliphatic rings. The highest BCUT2D eigenvalue weighted by Crippen LogP contribution is 2.34. The zero-order valence-corrected chi connectivity index (χ0v) is 12.2. The van der Waals surface area contributed by atoms with Crippen LogP contribution >= 0.6 is 0 Å². The Hall–Kier alpha value is -1.81. The van der Waals surface area contributed by atoms with Crippen molar-refractivity contribution in [2.75, 3.05) is 5.73 Å². The van der Waals surface area contributed by atoms with Gasteiger partial charge in [-0.15, -0.1) is 0 Å². The van der Waals surface area contributed by atoms with Crippen LogP contribution in [0.1, 0.15) is 53.6 Å². The van der Waals surface area contributed by atoms with Gasteiger partial charge in [-0.25, -0.2) is 0 Å². The third-order valence-electron chi connectivity index (χ3n) is 4.22. The molecule has 0 saturated heterocycles. The molecule has 4 heteroatoms. The van der Waals surface area contributed by atoms with Gasteiger partial charge in [0.25, 0.3) is 0 Å². The zero-order valence-electron chi connectivity index (χ0n) is 12.2. The van der Waals surface area contributed by atoms with Gasteiger partial charge in [0, 0.05) is 23.3 Å². The number of nitrogens with one attached hydrogen (secondary N) is 1. The number of benzene rings is 1. The maximum atomic E-state index is 5.85. The average Bonchev–Trinajstić information content (AvgIpc) is 2.93. The Morgan fingerprint density at radius 3 is 2.90 bits per heavy atom. The minimum Gasteiger partial charge on any atom is -0.399 e. The molecule has 2 atom stereocenters. The Labute approximate surface area is 119 Å². The molecule has 20 heavy (non-hydrogen) atoms. The van der Waals surface area contributed by atoms with Gasteiger partial charge in [0.15, 0.2) is 0 Å². The minimum atomic E-state index is 0.231.